The quantitative estimate of drug-likeness (QED) is 0.882. The van der Waals surface area contributed by atoms with Gasteiger partial charge in [0.2, 0.25) is 0 Å². The molecule has 0 amide bonds. The van der Waals surface area contributed by atoms with Crippen LogP contribution in [0.5, 0.6) is 0 Å². The molecule has 2 nitrogen and oxygen atoms in total. The molecule has 1 aliphatic carbocycles. The van der Waals surface area contributed by atoms with E-state index >= 15 is 0 Å². The predicted octanol–water partition coefficient (Wildman–Crippen LogP) is 4.33. The van der Waals surface area contributed by atoms with Gasteiger partial charge in [-0.2, -0.15) is 0 Å². The highest BCUT2D eigenvalue weighted by atomic mass is 35.5. The van der Waals surface area contributed by atoms with Crippen molar-refractivity contribution in [3.05, 3.63) is 45.5 Å². The van der Waals surface area contributed by atoms with E-state index < -0.39 is 0 Å². The average Bonchev–Trinajstić information content (AvgIpc) is 2.79. The molecule has 3 atom stereocenters. The molecule has 2 heterocycles. The lowest BCUT2D eigenvalue weighted by atomic mass is 10.2. The smallest absolute Gasteiger partial charge is 0.126 e. The standard InChI is InChI=1S/C14H16ClNOS/c1-9-7-10(9)8-16-14(11-3-2-6-17-11)12-4-5-13(15)18-12/h2-6,9-10,14,16H,7-8H2,1H3. The van der Waals surface area contributed by atoms with Crippen LogP contribution in [0.4, 0.5) is 0 Å². The number of hydrogen-bond donors (Lipinski definition) is 1. The minimum Gasteiger partial charge on any atom is -0.467 e. The molecule has 96 valence electrons. The Morgan fingerprint density at radius 1 is 1.50 bits per heavy atom. The summed E-state index contributed by atoms with van der Waals surface area (Å²) in [6, 6.07) is 8.09. The summed E-state index contributed by atoms with van der Waals surface area (Å²) >= 11 is 7.63. The molecule has 0 saturated heterocycles. The van der Waals surface area contributed by atoms with Crippen LogP contribution in [-0.4, -0.2) is 6.54 Å². The number of halogens is 1. The van der Waals surface area contributed by atoms with Crippen molar-refractivity contribution in [3.8, 4) is 0 Å². The zero-order chi connectivity index (χ0) is 12.5. The van der Waals surface area contributed by atoms with Gasteiger partial charge in [-0.3, -0.25) is 0 Å². The molecule has 1 saturated carbocycles. The van der Waals surface area contributed by atoms with Gasteiger partial charge in [0.25, 0.3) is 0 Å². The van der Waals surface area contributed by atoms with Gasteiger partial charge in [0.05, 0.1) is 10.6 Å². The van der Waals surface area contributed by atoms with Gasteiger partial charge in [0.1, 0.15) is 11.8 Å². The summed E-state index contributed by atoms with van der Waals surface area (Å²) in [5.74, 6) is 2.64. The molecular weight excluding hydrogens is 266 g/mol. The highest BCUT2D eigenvalue weighted by Gasteiger charge is 2.33. The van der Waals surface area contributed by atoms with E-state index in [1.54, 1.807) is 17.6 Å². The van der Waals surface area contributed by atoms with E-state index in [1.165, 1.54) is 11.3 Å². The predicted molar refractivity (Wildman–Crippen MR) is 75.2 cm³/mol. The van der Waals surface area contributed by atoms with Crippen LogP contribution in [0.2, 0.25) is 4.34 Å². The Morgan fingerprint density at radius 3 is 2.89 bits per heavy atom. The number of furan rings is 1. The number of nitrogens with one attached hydrogen (secondary N) is 1. The van der Waals surface area contributed by atoms with Crippen LogP contribution in [0, 0.1) is 11.8 Å². The SMILES string of the molecule is CC1CC1CNC(c1ccco1)c1ccc(Cl)s1. The molecule has 0 bridgehead atoms. The summed E-state index contributed by atoms with van der Waals surface area (Å²) in [4.78, 5) is 1.21. The van der Waals surface area contributed by atoms with Crippen LogP contribution in [0.1, 0.15) is 30.0 Å². The minimum atomic E-state index is 0.130. The van der Waals surface area contributed by atoms with E-state index in [0.29, 0.717) is 0 Å². The maximum Gasteiger partial charge on any atom is 0.126 e. The summed E-state index contributed by atoms with van der Waals surface area (Å²) < 4.78 is 6.36. The third-order valence-electron chi connectivity index (χ3n) is 3.57. The maximum absolute atomic E-state index is 6.02. The third kappa shape index (κ3) is 2.63. The maximum atomic E-state index is 6.02. The fourth-order valence-electron chi connectivity index (χ4n) is 2.23. The summed E-state index contributed by atoms with van der Waals surface area (Å²) in [6.45, 7) is 3.35. The van der Waals surface area contributed by atoms with Crippen molar-refractivity contribution in [3.63, 3.8) is 0 Å². The second-order valence-corrected chi connectivity index (χ2v) is 6.72. The van der Waals surface area contributed by atoms with Gasteiger partial charge < -0.3 is 9.73 Å². The Bertz CT molecular complexity index is 508. The summed E-state index contributed by atoms with van der Waals surface area (Å²) in [6.07, 6.45) is 3.06. The van der Waals surface area contributed by atoms with Crippen LogP contribution in [0.15, 0.2) is 34.9 Å². The highest BCUT2D eigenvalue weighted by molar-refractivity contribution is 7.16. The zero-order valence-corrected chi connectivity index (χ0v) is 11.8. The van der Waals surface area contributed by atoms with Crippen molar-refractivity contribution < 1.29 is 4.42 Å². The van der Waals surface area contributed by atoms with Gasteiger partial charge in [0, 0.05) is 4.88 Å². The molecule has 2 aromatic rings. The fraction of sp³-hybridized carbons (Fsp3) is 0.429. The summed E-state index contributed by atoms with van der Waals surface area (Å²) in [7, 11) is 0. The Hall–Kier alpha value is -0.770. The lowest BCUT2D eigenvalue weighted by Crippen LogP contribution is -2.23. The summed E-state index contributed by atoms with van der Waals surface area (Å²) in [5.41, 5.74) is 0. The van der Waals surface area contributed by atoms with Crippen molar-refractivity contribution in [1.82, 2.24) is 5.32 Å². The molecule has 1 fully saturated rings. The topological polar surface area (TPSA) is 25.2 Å². The third-order valence-corrected chi connectivity index (χ3v) is 4.86. The Morgan fingerprint density at radius 2 is 2.33 bits per heavy atom. The lowest BCUT2D eigenvalue weighted by molar-refractivity contribution is 0.441. The molecule has 4 heteroatoms. The molecule has 0 radical (unpaired) electrons. The van der Waals surface area contributed by atoms with Crippen LogP contribution < -0.4 is 5.32 Å². The molecular formula is C14H16ClNOS. The molecule has 0 aromatic carbocycles. The Kier molecular flexibility index (Phi) is 3.46. The van der Waals surface area contributed by atoms with Gasteiger partial charge in [-0.05, 0) is 49.1 Å². The van der Waals surface area contributed by atoms with Gasteiger partial charge in [-0.15, -0.1) is 11.3 Å². The second-order valence-electron chi connectivity index (χ2n) is 4.97. The average molecular weight is 282 g/mol. The van der Waals surface area contributed by atoms with Crippen LogP contribution in [0.3, 0.4) is 0 Å². The minimum absolute atomic E-state index is 0.130. The van der Waals surface area contributed by atoms with Crippen LogP contribution >= 0.6 is 22.9 Å². The van der Waals surface area contributed by atoms with Crippen molar-refractivity contribution in [1.29, 1.82) is 0 Å². The molecule has 3 unspecified atom stereocenters. The molecule has 3 rings (SSSR count). The van der Waals surface area contributed by atoms with Crippen LogP contribution in [0.25, 0.3) is 0 Å². The van der Waals surface area contributed by atoms with Gasteiger partial charge in [-0.25, -0.2) is 0 Å². The normalized spacial score (nSPS) is 24.1. The number of thiophene rings is 1. The number of rotatable bonds is 5. The first-order chi connectivity index (χ1) is 8.74. The Balaban J connectivity index is 1.75. The second kappa shape index (κ2) is 5.08. The van der Waals surface area contributed by atoms with Crippen molar-refractivity contribution in [2.45, 2.75) is 19.4 Å². The molecule has 1 N–H and O–H groups in total. The van der Waals surface area contributed by atoms with E-state index in [-0.39, 0.29) is 6.04 Å². The first-order valence-electron chi connectivity index (χ1n) is 6.26. The monoisotopic (exact) mass is 281 g/mol. The van der Waals surface area contributed by atoms with Gasteiger partial charge >= 0.3 is 0 Å². The van der Waals surface area contributed by atoms with Crippen molar-refractivity contribution >= 4 is 22.9 Å². The molecule has 2 aromatic heterocycles. The van der Waals surface area contributed by atoms with E-state index in [1.807, 2.05) is 18.2 Å². The first-order valence-corrected chi connectivity index (χ1v) is 7.45. The van der Waals surface area contributed by atoms with Crippen molar-refractivity contribution in [2.24, 2.45) is 11.8 Å². The molecule has 0 spiro atoms. The van der Waals surface area contributed by atoms with Gasteiger partial charge in [-0.1, -0.05) is 18.5 Å². The Labute approximate surface area is 116 Å². The largest absolute Gasteiger partial charge is 0.467 e. The van der Waals surface area contributed by atoms with E-state index in [0.717, 1.165) is 28.5 Å². The zero-order valence-electron chi connectivity index (χ0n) is 10.2. The molecule has 1 aliphatic rings. The van der Waals surface area contributed by atoms with Gasteiger partial charge in [0.15, 0.2) is 0 Å². The molecule has 0 aliphatic heterocycles. The first kappa shape index (κ1) is 12.3. The van der Waals surface area contributed by atoms with Crippen molar-refractivity contribution in [2.75, 3.05) is 6.54 Å². The lowest BCUT2D eigenvalue weighted by Gasteiger charge is -2.15. The number of hydrogen-bond acceptors (Lipinski definition) is 3. The van der Waals surface area contributed by atoms with E-state index in [2.05, 4.69) is 18.3 Å². The van der Waals surface area contributed by atoms with E-state index in [9.17, 15) is 0 Å². The van der Waals surface area contributed by atoms with Crippen LogP contribution in [-0.2, 0) is 0 Å². The summed E-state index contributed by atoms with van der Waals surface area (Å²) in [5, 5.41) is 3.60. The van der Waals surface area contributed by atoms with E-state index in [4.69, 9.17) is 16.0 Å². The molecule has 18 heavy (non-hydrogen) atoms. The highest BCUT2D eigenvalue weighted by Crippen LogP contribution is 2.38. The fourth-order valence-corrected chi connectivity index (χ4v) is 3.38.